The third-order valence-electron chi connectivity index (χ3n) is 1.88. The molecule has 0 aliphatic rings. The van der Waals surface area contributed by atoms with E-state index >= 15 is 0 Å². The Morgan fingerprint density at radius 1 is 1.33 bits per heavy atom. The summed E-state index contributed by atoms with van der Waals surface area (Å²) in [6.07, 6.45) is 1.87. The van der Waals surface area contributed by atoms with Crippen LogP contribution in [0.4, 0.5) is 0 Å². The van der Waals surface area contributed by atoms with Crippen molar-refractivity contribution in [3.05, 3.63) is 43.4 Å². The average molecular weight is 350 g/mol. The van der Waals surface area contributed by atoms with Gasteiger partial charge >= 0.3 is 0 Å². The molecule has 0 aromatic carbocycles. The molecule has 0 N–H and O–H groups in total. The zero-order chi connectivity index (χ0) is 10.8. The predicted octanol–water partition coefficient (Wildman–Crippen LogP) is 4.29. The number of hydrogen-bond donors (Lipinski definition) is 0. The van der Waals surface area contributed by atoms with Crippen molar-refractivity contribution < 1.29 is 9.21 Å². The molecule has 15 heavy (non-hydrogen) atoms. The minimum absolute atomic E-state index is 0.0185. The number of carbonyl (C=O) groups excluding carboxylic acids is 1. The molecule has 2 heterocycles. The topological polar surface area (TPSA) is 30.2 Å². The first kappa shape index (κ1) is 11.1. The van der Waals surface area contributed by atoms with Crippen molar-refractivity contribution in [1.29, 1.82) is 0 Å². The molecule has 2 rings (SSSR count). The average Bonchev–Trinajstić information content (AvgIpc) is 2.76. The number of carbonyl (C=O) groups is 1. The summed E-state index contributed by atoms with van der Waals surface area (Å²) in [5.41, 5.74) is 0. The fourth-order valence-electron chi connectivity index (χ4n) is 1.17. The van der Waals surface area contributed by atoms with E-state index in [1.165, 1.54) is 6.26 Å². The predicted molar refractivity (Wildman–Crippen MR) is 66.5 cm³/mol. The summed E-state index contributed by atoms with van der Waals surface area (Å²) in [7, 11) is 0. The van der Waals surface area contributed by atoms with Gasteiger partial charge in [-0.15, -0.1) is 11.3 Å². The normalized spacial score (nSPS) is 10.5. The number of halogens is 2. The van der Waals surface area contributed by atoms with Crippen LogP contribution < -0.4 is 0 Å². The molecule has 0 unspecified atom stereocenters. The number of ketones is 1. The van der Waals surface area contributed by atoms with Gasteiger partial charge in [0.2, 0.25) is 5.78 Å². The molecule has 0 spiro atoms. The minimum atomic E-state index is -0.0185. The molecule has 0 bridgehead atoms. The van der Waals surface area contributed by atoms with Crippen molar-refractivity contribution in [1.82, 2.24) is 0 Å². The van der Waals surface area contributed by atoms with E-state index in [0.29, 0.717) is 16.7 Å². The highest BCUT2D eigenvalue weighted by Crippen LogP contribution is 2.26. The standard InChI is InChI=1S/C10H6Br2O2S/c11-6-2-4-15-9(6)5-8(13)10-7(12)1-3-14-10/h1-4H,5H2. The van der Waals surface area contributed by atoms with Gasteiger partial charge in [-0.1, -0.05) is 0 Å². The first-order valence-electron chi connectivity index (χ1n) is 4.16. The summed E-state index contributed by atoms with van der Waals surface area (Å²) in [5.74, 6) is 0.366. The molecule has 0 aliphatic heterocycles. The van der Waals surface area contributed by atoms with Gasteiger partial charge in [0.05, 0.1) is 10.7 Å². The van der Waals surface area contributed by atoms with Crippen LogP contribution in [-0.4, -0.2) is 5.78 Å². The van der Waals surface area contributed by atoms with Crippen LogP contribution in [0.2, 0.25) is 0 Å². The molecular formula is C10H6Br2O2S. The Morgan fingerprint density at radius 3 is 2.67 bits per heavy atom. The Morgan fingerprint density at radius 2 is 2.13 bits per heavy atom. The van der Waals surface area contributed by atoms with Crippen molar-refractivity contribution in [2.24, 2.45) is 0 Å². The maximum atomic E-state index is 11.8. The third kappa shape index (κ3) is 2.41. The van der Waals surface area contributed by atoms with Gasteiger partial charge in [0.15, 0.2) is 5.76 Å². The lowest BCUT2D eigenvalue weighted by atomic mass is 10.2. The summed E-state index contributed by atoms with van der Waals surface area (Å²) < 4.78 is 6.79. The van der Waals surface area contributed by atoms with Crippen molar-refractivity contribution >= 4 is 49.0 Å². The molecule has 5 heteroatoms. The molecule has 0 saturated carbocycles. The fraction of sp³-hybridized carbons (Fsp3) is 0.100. The SMILES string of the molecule is O=C(Cc1sccc1Br)c1occc1Br. The summed E-state index contributed by atoms with van der Waals surface area (Å²) in [6, 6.07) is 3.65. The van der Waals surface area contributed by atoms with Crippen molar-refractivity contribution in [2.45, 2.75) is 6.42 Å². The Kier molecular flexibility index (Phi) is 3.43. The zero-order valence-electron chi connectivity index (χ0n) is 7.50. The van der Waals surface area contributed by atoms with Gasteiger partial charge in [-0.05, 0) is 49.4 Å². The van der Waals surface area contributed by atoms with Gasteiger partial charge in [-0.2, -0.15) is 0 Å². The molecule has 0 fully saturated rings. The molecule has 2 nitrogen and oxygen atoms in total. The van der Waals surface area contributed by atoms with E-state index in [0.717, 1.165) is 9.35 Å². The first-order chi connectivity index (χ1) is 7.18. The summed E-state index contributed by atoms with van der Waals surface area (Å²) in [4.78, 5) is 12.8. The van der Waals surface area contributed by atoms with Crippen LogP contribution in [0.1, 0.15) is 15.4 Å². The summed E-state index contributed by atoms with van der Waals surface area (Å²) in [5, 5.41) is 1.95. The molecular weight excluding hydrogens is 344 g/mol. The van der Waals surface area contributed by atoms with E-state index in [1.807, 2.05) is 11.4 Å². The van der Waals surface area contributed by atoms with Crippen LogP contribution in [-0.2, 0) is 6.42 Å². The highest BCUT2D eigenvalue weighted by Gasteiger charge is 2.16. The second-order valence-corrected chi connectivity index (χ2v) is 5.60. The molecule has 2 aromatic heterocycles. The molecule has 0 atom stereocenters. The Balaban J connectivity index is 2.18. The zero-order valence-corrected chi connectivity index (χ0v) is 11.5. The molecule has 78 valence electrons. The monoisotopic (exact) mass is 348 g/mol. The largest absolute Gasteiger partial charge is 0.460 e. The number of furan rings is 1. The van der Waals surface area contributed by atoms with Crippen LogP contribution in [0.25, 0.3) is 0 Å². The van der Waals surface area contributed by atoms with Crippen molar-refractivity contribution in [3.63, 3.8) is 0 Å². The third-order valence-corrected chi connectivity index (χ3v) is 4.43. The van der Waals surface area contributed by atoms with Gasteiger partial charge in [-0.3, -0.25) is 4.79 Å². The lowest BCUT2D eigenvalue weighted by Gasteiger charge is -1.96. The number of Topliss-reactive ketones (excluding diaryl/α,β-unsaturated/α-hetero) is 1. The van der Waals surface area contributed by atoms with Crippen LogP contribution in [0, 0.1) is 0 Å². The lowest BCUT2D eigenvalue weighted by molar-refractivity contribution is 0.0966. The smallest absolute Gasteiger partial charge is 0.204 e. The lowest BCUT2D eigenvalue weighted by Crippen LogP contribution is -2.01. The second-order valence-electron chi connectivity index (χ2n) is 2.89. The van der Waals surface area contributed by atoms with Crippen LogP contribution in [0.3, 0.4) is 0 Å². The van der Waals surface area contributed by atoms with Crippen LogP contribution in [0.15, 0.2) is 37.1 Å². The van der Waals surface area contributed by atoms with Crippen LogP contribution in [0.5, 0.6) is 0 Å². The highest BCUT2D eigenvalue weighted by atomic mass is 79.9. The summed E-state index contributed by atoms with van der Waals surface area (Å²) >= 11 is 8.22. The van der Waals surface area contributed by atoms with E-state index in [9.17, 15) is 4.79 Å². The van der Waals surface area contributed by atoms with Crippen molar-refractivity contribution in [2.75, 3.05) is 0 Å². The van der Waals surface area contributed by atoms with Gasteiger partial charge in [0.25, 0.3) is 0 Å². The fourth-order valence-corrected chi connectivity index (χ4v) is 3.08. The Hall–Kier alpha value is -0.390. The van der Waals surface area contributed by atoms with E-state index in [2.05, 4.69) is 31.9 Å². The molecule has 2 aromatic rings. The first-order valence-corrected chi connectivity index (χ1v) is 6.63. The Bertz CT molecular complexity index is 487. The number of hydrogen-bond acceptors (Lipinski definition) is 3. The van der Waals surface area contributed by atoms with E-state index in [1.54, 1.807) is 17.4 Å². The molecule has 0 amide bonds. The summed E-state index contributed by atoms with van der Waals surface area (Å²) in [6.45, 7) is 0. The number of thiophene rings is 1. The Labute approximate surface area is 108 Å². The maximum absolute atomic E-state index is 11.8. The second kappa shape index (κ2) is 4.63. The van der Waals surface area contributed by atoms with Gasteiger partial charge in [-0.25, -0.2) is 0 Å². The molecule has 0 radical (unpaired) electrons. The van der Waals surface area contributed by atoms with Crippen molar-refractivity contribution in [3.8, 4) is 0 Å². The van der Waals surface area contributed by atoms with Gasteiger partial charge < -0.3 is 4.42 Å². The van der Waals surface area contributed by atoms with Gasteiger partial charge in [0, 0.05) is 15.8 Å². The maximum Gasteiger partial charge on any atom is 0.204 e. The quantitative estimate of drug-likeness (QED) is 0.773. The highest BCUT2D eigenvalue weighted by molar-refractivity contribution is 9.10. The molecule has 0 aliphatic carbocycles. The van der Waals surface area contributed by atoms with Crippen LogP contribution >= 0.6 is 43.2 Å². The van der Waals surface area contributed by atoms with E-state index < -0.39 is 0 Å². The van der Waals surface area contributed by atoms with E-state index in [-0.39, 0.29) is 5.78 Å². The van der Waals surface area contributed by atoms with Gasteiger partial charge in [0.1, 0.15) is 0 Å². The number of rotatable bonds is 3. The van der Waals surface area contributed by atoms with E-state index in [4.69, 9.17) is 4.42 Å². The minimum Gasteiger partial charge on any atom is -0.460 e. The molecule has 0 saturated heterocycles.